The van der Waals surface area contributed by atoms with E-state index in [2.05, 4.69) is 0 Å². The second kappa shape index (κ2) is 4.19. The van der Waals surface area contributed by atoms with Crippen LogP contribution in [0.1, 0.15) is 28.8 Å². The van der Waals surface area contributed by atoms with E-state index in [9.17, 15) is 13.2 Å². The molecule has 96 valence electrons. The molecule has 1 aromatic rings. The minimum absolute atomic E-state index is 0.0378. The fourth-order valence-corrected chi connectivity index (χ4v) is 5.09. The summed E-state index contributed by atoms with van der Waals surface area (Å²) in [4.78, 5) is 12.4. The number of Topliss-reactive ketones (excluding diaryl/α,β-unsaturated/α-hetero) is 1. The van der Waals surface area contributed by atoms with Crippen molar-refractivity contribution in [3.8, 4) is 0 Å². The first-order valence-electron chi connectivity index (χ1n) is 6.39. The summed E-state index contributed by atoms with van der Waals surface area (Å²) in [6.45, 7) is 0. The van der Waals surface area contributed by atoms with E-state index < -0.39 is 9.84 Å². The normalized spacial score (nSPS) is 30.1. The average molecular weight is 264 g/mol. The second-order valence-corrected chi connectivity index (χ2v) is 7.56. The Kier molecular flexibility index (Phi) is 2.77. The lowest BCUT2D eigenvalue weighted by atomic mass is 9.76. The molecule has 1 aliphatic carbocycles. The van der Waals surface area contributed by atoms with Gasteiger partial charge in [-0.15, -0.1) is 0 Å². The minimum Gasteiger partial charge on any atom is -0.294 e. The predicted octanol–water partition coefficient (Wildman–Crippen LogP) is 1.87. The van der Waals surface area contributed by atoms with Gasteiger partial charge in [0.25, 0.3) is 0 Å². The van der Waals surface area contributed by atoms with E-state index in [1.807, 2.05) is 24.3 Å². The molecule has 0 bridgehead atoms. The van der Waals surface area contributed by atoms with Gasteiger partial charge in [-0.2, -0.15) is 0 Å². The third kappa shape index (κ3) is 1.99. The summed E-state index contributed by atoms with van der Waals surface area (Å²) >= 11 is 0. The summed E-state index contributed by atoms with van der Waals surface area (Å²) < 4.78 is 23.0. The maximum absolute atomic E-state index is 12.4. The van der Waals surface area contributed by atoms with Gasteiger partial charge in [0, 0.05) is 11.5 Å². The van der Waals surface area contributed by atoms with Gasteiger partial charge in [-0.05, 0) is 30.7 Å². The highest BCUT2D eigenvalue weighted by molar-refractivity contribution is 7.91. The molecule has 0 aromatic heterocycles. The number of aryl methyl sites for hydroxylation is 1. The largest absolute Gasteiger partial charge is 0.294 e. The third-order valence-electron chi connectivity index (χ3n) is 4.18. The van der Waals surface area contributed by atoms with Crippen LogP contribution in [0.25, 0.3) is 0 Å². The predicted molar refractivity (Wildman–Crippen MR) is 69.3 cm³/mol. The Balaban J connectivity index is 1.87. The average Bonchev–Trinajstić information content (AvgIpc) is 2.70. The number of ketones is 1. The molecule has 0 radical (unpaired) electrons. The Hall–Kier alpha value is -1.16. The molecule has 1 saturated heterocycles. The van der Waals surface area contributed by atoms with Gasteiger partial charge in [0.2, 0.25) is 0 Å². The Labute approximate surface area is 107 Å². The van der Waals surface area contributed by atoms with Gasteiger partial charge in [-0.25, -0.2) is 8.42 Å². The second-order valence-electron chi connectivity index (χ2n) is 5.33. The number of carbonyl (C=O) groups is 1. The molecule has 2 atom stereocenters. The van der Waals surface area contributed by atoms with E-state index in [4.69, 9.17) is 0 Å². The first-order valence-corrected chi connectivity index (χ1v) is 8.21. The molecule has 0 N–H and O–H groups in total. The summed E-state index contributed by atoms with van der Waals surface area (Å²) in [7, 11) is -2.90. The number of carbonyl (C=O) groups excluding carboxylic acids is 1. The zero-order valence-corrected chi connectivity index (χ0v) is 10.9. The maximum Gasteiger partial charge on any atom is 0.166 e. The maximum atomic E-state index is 12.4. The molecule has 3 nitrogen and oxygen atoms in total. The van der Waals surface area contributed by atoms with E-state index >= 15 is 0 Å². The molecule has 1 heterocycles. The van der Waals surface area contributed by atoms with Crippen molar-refractivity contribution in [3.63, 3.8) is 0 Å². The van der Waals surface area contributed by atoms with Crippen molar-refractivity contribution in [1.82, 2.24) is 0 Å². The zero-order valence-electron chi connectivity index (χ0n) is 10.1. The summed E-state index contributed by atoms with van der Waals surface area (Å²) in [5.74, 6) is 0.557. The smallest absolute Gasteiger partial charge is 0.166 e. The van der Waals surface area contributed by atoms with Crippen molar-refractivity contribution in [2.24, 2.45) is 11.8 Å². The van der Waals surface area contributed by atoms with Crippen molar-refractivity contribution in [2.45, 2.75) is 19.3 Å². The number of hydrogen-bond acceptors (Lipinski definition) is 3. The van der Waals surface area contributed by atoms with Crippen LogP contribution in [0.15, 0.2) is 24.3 Å². The van der Waals surface area contributed by atoms with E-state index in [-0.39, 0.29) is 29.1 Å². The third-order valence-corrected chi connectivity index (χ3v) is 5.97. The molecule has 18 heavy (non-hydrogen) atoms. The molecule has 2 aliphatic rings. The van der Waals surface area contributed by atoms with Gasteiger partial charge in [-0.3, -0.25) is 4.79 Å². The Morgan fingerprint density at radius 2 is 1.89 bits per heavy atom. The summed E-state index contributed by atoms with van der Waals surface area (Å²) in [6, 6.07) is 7.69. The van der Waals surface area contributed by atoms with Gasteiger partial charge in [0.15, 0.2) is 15.6 Å². The monoisotopic (exact) mass is 264 g/mol. The van der Waals surface area contributed by atoms with Crippen LogP contribution in [0.4, 0.5) is 0 Å². The topological polar surface area (TPSA) is 51.2 Å². The number of benzene rings is 1. The Morgan fingerprint density at radius 1 is 1.11 bits per heavy atom. The first-order chi connectivity index (χ1) is 8.57. The summed E-state index contributed by atoms with van der Waals surface area (Å²) in [5.41, 5.74) is 1.91. The van der Waals surface area contributed by atoms with Gasteiger partial charge in [0.1, 0.15) is 0 Å². The molecule has 4 heteroatoms. The fraction of sp³-hybridized carbons (Fsp3) is 0.500. The molecule has 1 aliphatic heterocycles. The van der Waals surface area contributed by atoms with Crippen LogP contribution in [-0.4, -0.2) is 25.7 Å². The molecular weight excluding hydrogens is 248 g/mol. The van der Waals surface area contributed by atoms with Crippen LogP contribution < -0.4 is 0 Å². The summed E-state index contributed by atoms with van der Waals surface area (Å²) in [5, 5.41) is 0. The van der Waals surface area contributed by atoms with Gasteiger partial charge >= 0.3 is 0 Å². The molecule has 0 amide bonds. The van der Waals surface area contributed by atoms with Gasteiger partial charge in [-0.1, -0.05) is 24.3 Å². The standard InChI is InChI=1S/C14H16O3S/c15-14-12-4-2-1-3-10(12)5-6-13(14)11-7-8-18(16,17)9-11/h1-4,11,13H,5-9H2. The fourth-order valence-electron chi connectivity index (χ4n) is 3.21. The minimum atomic E-state index is -2.90. The van der Waals surface area contributed by atoms with Crippen molar-refractivity contribution in [3.05, 3.63) is 35.4 Å². The van der Waals surface area contributed by atoms with Crippen LogP contribution in [0.3, 0.4) is 0 Å². The van der Waals surface area contributed by atoms with Crippen LogP contribution in [-0.2, 0) is 16.3 Å². The van der Waals surface area contributed by atoms with Crippen molar-refractivity contribution < 1.29 is 13.2 Å². The number of hydrogen-bond donors (Lipinski definition) is 0. The zero-order chi connectivity index (χ0) is 12.8. The van der Waals surface area contributed by atoms with E-state index in [1.54, 1.807) is 0 Å². The van der Waals surface area contributed by atoms with Crippen molar-refractivity contribution in [2.75, 3.05) is 11.5 Å². The highest BCUT2D eigenvalue weighted by Crippen LogP contribution is 2.35. The molecular formula is C14H16O3S. The molecule has 1 fully saturated rings. The number of sulfone groups is 1. The first kappa shape index (κ1) is 11.9. The van der Waals surface area contributed by atoms with Gasteiger partial charge < -0.3 is 0 Å². The number of rotatable bonds is 1. The molecule has 3 rings (SSSR count). The Morgan fingerprint density at radius 3 is 2.61 bits per heavy atom. The van der Waals surface area contributed by atoms with Crippen molar-refractivity contribution in [1.29, 1.82) is 0 Å². The van der Waals surface area contributed by atoms with E-state index in [0.717, 1.165) is 24.0 Å². The van der Waals surface area contributed by atoms with Crippen molar-refractivity contribution >= 4 is 15.6 Å². The SMILES string of the molecule is O=C1c2ccccc2CCC1C1CCS(=O)(=O)C1. The molecule has 2 unspecified atom stereocenters. The lowest BCUT2D eigenvalue weighted by molar-refractivity contribution is 0.0859. The lowest BCUT2D eigenvalue weighted by Gasteiger charge is -2.27. The molecule has 0 spiro atoms. The van der Waals surface area contributed by atoms with Crippen LogP contribution in [0.5, 0.6) is 0 Å². The van der Waals surface area contributed by atoms with Gasteiger partial charge in [0.05, 0.1) is 11.5 Å². The lowest BCUT2D eigenvalue weighted by Crippen LogP contribution is -2.29. The van der Waals surface area contributed by atoms with Crippen LogP contribution in [0.2, 0.25) is 0 Å². The highest BCUT2D eigenvalue weighted by Gasteiger charge is 2.39. The van der Waals surface area contributed by atoms with Crippen LogP contribution in [0, 0.1) is 11.8 Å². The highest BCUT2D eigenvalue weighted by atomic mass is 32.2. The quantitative estimate of drug-likeness (QED) is 0.778. The number of fused-ring (bicyclic) bond motifs is 1. The Bertz CT molecular complexity index is 589. The van der Waals surface area contributed by atoms with E-state index in [0.29, 0.717) is 6.42 Å². The van der Waals surface area contributed by atoms with E-state index in [1.165, 1.54) is 0 Å². The molecule has 0 saturated carbocycles. The molecule has 1 aromatic carbocycles. The summed E-state index contributed by atoms with van der Waals surface area (Å²) in [6.07, 6.45) is 2.35. The van der Waals surface area contributed by atoms with Crippen LogP contribution >= 0.6 is 0 Å².